The maximum absolute atomic E-state index is 6.20. The third-order valence-corrected chi connectivity index (χ3v) is 3.78. The van der Waals surface area contributed by atoms with Gasteiger partial charge in [-0.2, -0.15) is 0 Å². The Balaban J connectivity index is 1.70. The zero-order valence-corrected chi connectivity index (χ0v) is 10.1. The first-order valence-corrected chi connectivity index (χ1v) is 6.53. The molecule has 1 heterocycles. The van der Waals surface area contributed by atoms with Crippen molar-refractivity contribution in [3.63, 3.8) is 0 Å². The molecule has 0 aromatic heterocycles. The summed E-state index contributed by atoms with van der Waals surface area (Å²) < 4.78 is 5.36. The highest BCUT2D eigenvalue weighted by Crippen LogP contribution is 2.39. The molecule has 0 bridgehead atoms. The van der Waals surface area contributed by atoms with Gasteiger partial charge in [-0.15, -0.1) is 0 Å². The van der Waals surface area contributed by atoms with Gasteiger partial charge in [0.05, 0.1) is 13.2 Å². The van der Waals surface area contributed by atoms with Crippen LogP contribution in [0.5, 0.6) is 0 Å². The Bertz CT molecular complexity index is 366. The van der Waals surface area contributed by atoms with Crippen LogP contribution in [0.3, 0.4) is 0 Å². The van der Waals surface area contributed by atoms with Gasteiger partial charge in [0.1, 0.15) is 0 Å². The fourth-order valence-corrected chi connectivity index (χ4v) is 2.46. The molecule has 1 aromatic rings. The Morgan fingerprint density at radius 2 is 1.76 bits per heavy atom. The summed E-state index contributed by atoms with van der Waals surface area (Å²) >= 11 is 0. The highest BCUT2D eigenvalue weighted by atomic mass is 16.5. The molecule has 1 aliphatic carbocycles. The quantitative estimate of drug-likeness (QED) is 0.865. The predicted molar refractivity (Wildman–Crippen MR) is 69.1 cm³/mol. The van der Waals surface area contributed by atoms with Crippen LogP contribution in [-0.4, -0.2) is 26.3 Å². The Morgan fingerprint density at radius 3 is 2.35 bits per heavy atom. The topological polar surface area (TPSA) is 38.5 Å². The Hall–Kier alpha value is -1.06. The Labute approximate surface area is 103 Å². The lowest BCUT2D eigenvalue weighted by Gasteiger charge is -2.29. The first kappa shape index (κ1) is 11.1. The summed E-state index contributed by atoms with van der Waals surface area (Å²) in [4.78, 5) is 2.37. The molecule has 3 nitrogen and oxygen atoms in total. The zero-order chi connectivity index (χ0) is 11.7. The molecule has 3 rings (SSSR count). The molecular formula is C14H20N2O. The molecular weight excluding hydrogens is 212 g/mol. The number of hydrogen-bond donors (Lipinski definition) is 1. The molecule has 17 heavy (non-hydrogen) atoms. The Kier molecular flexibility index (Phi) is 3.04. The molecule has 3 heteroatoms. The van der Waals surface area contributed by atoms with Crippen LogP contribution < -0.4 is 10.6 Å². The summed E-state index contributed by atoms with van der Waals surface area (Å²) in [6, 6.07) is 9.02. The fourth-order valence-electron chi connectivity index (χ4n) is 2.46. The highest BCUT2D eigenvalue weighted by Gasteiger charge is 2.29. The van der Waals surface area contributed by atoms with Gasteiger partial charge in [0.2, 0.25) is 0 Å². The lowest BCUT2D eigenvalue weighted by atomic mass is 10.0. The van der Waals surface area contributed by atoms with Gasteiger partial charge in [-0.1, -0.05) is 12.1 Å². The van der Waals surface area contributed by atoms with Crippen molar-refractivity contribution < 1.29 is 4.74 Å². The number of nitrogens with zero attached hydrogens (tertiary/aromatic N) is 1. The van der Waals surface area contributed by atoms with Crippen LogP contribution in [-0.2, 0) is 4.74 Å². The molecule has 2 aliphatic rings. The van der Waals surface area contributed by atoms with E-state index in [1.165, 1.54) is 24.1 Å². The van der Waals surface area contributed by atoms with Crippen molar-refractivity contribution in [1.82, 2.24) is 0 Å². The van der Waals surface area contributed by atoms with Gasteiger partial charge in [0.25, 0.3) is 0 Å². The number of anilines is 1. The van der Waals surface area contributed by atoms with E-state index in [0.29, 0.717) is 0 Å². The monoisotopic (exact) mass is 232 g/mol. The normalized spacial score (nSPS) is 22.5. The van der Waals surface area contributed by atoms with E-state index < -0.39 is 0 Å². The average molecular weight is 232 g/mol. The van der Waals surface area contributed by atoms with Crippen LogP contribution in [0.1, 0.15) is 24.4 Å². The first-order valence-electron chi connectivity index (χ1n) is 6.53. The maximum Gasteiger partial charge on any atom is 0.0642 e. The van der Waals surface area contributed by atoms with E-state index in [9.17, 15) is 0 Å². The smallest absolute Gasteiger partial charge is 0.0642 e. The summed E-state index contributed by atoms with van der Waals surface area (Å²) in [6.45, 7) is 3.66. The van der Waals surface area contributed by atoms with Gasteiger partial charge in [-0.3, -0.25) is 0 Å². The molecule has 0 radical (unpaired) electrons. The van der Waals surface area contributed by atoms with Crippen molar-refractivity contribution in [3.8, 4) is 0 Å². The van der Waals surface area contributed by atoms with E-state index in [-0.39, 0.29) is 6.04 Å². The number of ether oxygens (including phenoxy) is 1. The minimum absolute atomic E-state index is 0.244. The number of nitrogens with two attached hydrogens (primary N) is 1. The van der Waals surface area contributed by atoms with Gasteiger partial charge in [0.15, 0.2) is 0 Å². The predicted octanol–water partition coefficient (Wildman–Crippen LogP) is 1.93. The van der Waals surface area contributed by atoms with Crippen LogP contribution in [0, 0.1) is 5.92 Å². The molecule has 0 spiro atoms. The SMILES string of the molecule is NC(c1ccc(N2CCOCC2)cc1)C1CC1. The summed E-state index contributed by atoms with van der Waals surface area (Å²) in [6.07, 6.45) is 2.60. The van der Waals surface area contributed by atoms with Crippen molar-refractivity contribution in [2.45, 2.75) is 18.9 Å². The van der Waals surface area contributed by atoms with Crippen molar-refractivity contribution >= 4 is 5.69 Å². The maximum atomic E-state index is 6.20. The molecule has 1 unspecified atom stereocenters. The van der Waals surface area contributed by atoms with Gasteiger partial charge in [-0.25, -0.2) is 0 Å². The number of hydrogen-bond acceptors (Lipinski definition) is 3. The van der Waals surface area contributed by atoms with Gasteiger partial charge in [0, 0.05) is 24.8 Å². The van der Waals surface area contributed by atoms with Crippen molar-refractivity contribution in [3.05, 3.63) is 29.8 Å². The molecule has 1 aromatic carbocycles. The highest BCUT2D eigenvalue weighted by molar-refractivity contribution is 5.48. The third-order valence-electron chi connectivity index (χ3n) is 3.78. The number of morpholine rings is 1. The number of benzene rings is 1. The van der Waals surface area contributed by atoms with Gasteiger partial charge in [-0.05, 0) is 36.5 Å². The second-order valence-electron chi connectivity index (χ2n) is 5.05. The lowest BCUT2D eigenvalue weighted by molar-refractivity contribution is 0.122. The fraction of sp³-hybridized carbons (Fsp3) is 0.571. The summed E-state index contributed by atoms with van der Waals surface area (Å²) in [5, 5.41) is 0. The third kappa shape index (κ3) is 2.45. The molecule has 1 saturated heterocycles. The van der Waals surface area contributed by atoms with E-state index in [4.69, 9.17) is 10.5 Å². The molecule has 0 amide bonds. The standard InChI is InChI=1S/C14H20N2O/c15-14(11-1-2-11)12-3-5-13(6-4-12)16-7-9-17-10-8-16/h3-6,11,14H,1-2,7-10,15H2. The molecule has 2 fully saturated rings. The lowest BCUT2D eigenvalue weighted by Crippen LogP contribution is -2.36. The van der Waals surface area contributed by atoms with Gasteiger partial charge >= 0.3 is 0 Å². The second kappa shape index (κ2) is 4.67. The summed E-state index contributed by atoms with van der Waals surface area (Å²) in [5.41, 5.74) is 8.77. The molecule has 2 N–H and O–H groups in total. The average Bonchev–Trinajstić information content (AvgIpc) is 3.24. The minimum atomic E-state index is 0.244. The van der Waals surface area contributed by atoms with Crippen molar-refractivity contribution in [1.29, 1.82) is 0 Å². The van der Waals surface area contributed by atoms with Crippen LogP contribution in [0.2, 0.25) is 0 Å². The molecule has 1 atom stereocenters. The van der Waals surface area contributed by atoms with Crippen molar-refractivity contribution in [2.24, 2.45) is 11.7 Å². The van der Waals surface area contributed by atoms with E-state index in [0.717, 1.165) is 32.2 Å². The van der Waals surface area contributed by atoms with Crippen LogP contribution >= 0.6 is 0 Å². The summed E-state index contributed by atoms with van der Waals surface area (Å²) in [7, 11) is 0. The molecule has 1 saturated carbocycles. The van der Waals surface area contributed by atoms with Gasteiger partial charge < -0.3 is 15.4 Å². The molecule has 92 valence electrons. The van der Waals surface area contributed by atoms with Crippen molar-refractivity contribution in [2.75, 3.05) is 31.2 Å². The Morgan fingerprint density at radius 1 is 1.12 bits per heavy atom. The van der Waals surface area contributed by atoms with E-state index in [1.807, 2.05) is 0 Å². The van der Waals surface area contributed by atoms with E-state index >= 15 is 0 Å². The van der Waals surface area contributed by atoms with Crippen LogP contribution in [0.4, 0.5) is 5.69 Å². The van der Waals surface area contributed by atoms with E-state index in [1.54, 1.807) is 0 Å². The largest absolute Gasteiger partial charge is 0.378 e. The van der Waals surface area contributed by atoms with Crippen LogP contribution in [0.25, 0.3) is 0 Å². The van der Waals surface area contributed by atoms with E-state index in [2.05, 4.69) is 29.2 Å². The second-order valence-corrected chi connectivity index (χ2v) is 5.05. The zero-order valence-electron chi connectivity index (χ0n) is 10.1. The van der Waals surface area contributed by atoms with Crippen LogP contribution in [0.15, 0.2) is 24.3 Å². The number of rotatable bonds is 3. The minimum Gasteiger partial charge on any atom is -0.378 e. The molecule has 1 aliphatic heterocycles. The summed E-state index contributed by atoms with van der Waals surface area (Å²) in [5.74, 6) is 0.726. The first-order chi connectivity index (χ1) is 8.34.